The van der Waals surface area contributed by atoms with Crippen molar-refractivity contribution in [2.45, 2.75) is 191 Å². The van der Waals surface area contributed by atoms with E-state index in [-0.39, 0.29) is 83.1 Å². The highest BCUT2D eigenvalue weighted by Crippen LogP contribution is 2.44. The van der Waals surface area contributed by atoms with Crippen molar-refractivity contribution in [3.63, 3.8) is 0 Å². The van der Waals surface area contributed by atoms with Crippen LogP contribution in [0.25, 0.3) is 0 Å². The lowest BCUT2D eigenvalue weighted by Gasteiger charge is -2.42. The van der Waals surface area contributed by atoms with Crippen molar-refractivity contribution in [2.24, 2.45) is 11.8 Å². The van der Waals surface area contributed by atoms with Crippen LogP contribution in [0.5, 0.6) is 0 Å². The Bertz CT molecular complexity index is 1210. The van der Waals surface area contributed by atoms with Gasteiger partial charge in [-0.2, -0.15) is 0 Å². The second-order valence-corrected chi connectivity index (χ2v) is 28.4. The van der Waals surface area contributed by atoms with E-state index >= 15 is 0 Å². The highest BCUT2D eigenvalue weighted by molar-refractivity contribution is 6.74. The maximum Gasteiger partial charge on any atom is 0.305 e. The molecule has 0 aromatic heterocycles. The second kappa shape index (κ2) is 18.6. The molecule has 3 aliphatic heterocycles. The number of rotatable bonds is 18. The van der Waals surface area contributed by atoms with Gasteiger partial charge < -0.3 is 37.3 Å². The average molecular weight is 767 g/mol. The number of aldehydes is 1. The van der Waals surface area contributed by atoms with E-state index in [0.29, 0.717) is 25.9 Å². The van der Waals surface area contributed by atoms with Crippen molar-refractivity contribution in [1.29, 1.82) is 0 Å². The van der Waals surface area contributed by atoms with Crippen LogP contribution in [0.4, 0.5) is 0 Å². The summed E-state index contributed by atoms with van der Waals surface area (Å²) in [5.41, 5.74) is 2.17. The average Bonchev–Trinajstić information content (AvgIpc) is 3.56. The fourth-order valence-corrected chi connectivity index (χ4v) is 9.74. The molecule has 11 heteroatoms. The molecule has 0 saturated carbocycles. The summed E-state index contributed by atoms with van der Waals surface area (Å²) in [6.07, 6.45) is 5.72. The van der Waals surface area contributed by atoms with E-state index in [1.165, 1.54) is 7.11 Å². The fraction of sp³-hybridized carbons (Fsp3) is 0.854. The molecule has 0 spiro atoms. The van der Waals surface area contributed by atoms with Crippen LogP contribution in [-0.4, -0.2) is 98.5 Å². The van der Waals surface area contributed by atoms with Crippen LogP contribution in [0.1, 0.15) is 106 Å². The Kier molecular flexibility index (Phi) is 16.2. The van der Waals surface area contributed by atoms with E-state index in [1.54, 1.807) is 7.11 Å². The first kappa shape index (κ1) is 45.2. The summed E-state index contributed by atoms with van der Waals surface area (Å²) in [5, 5.41) is 0.0929. The van der Waals surface area contributed by atoms with E-state index in [0.717, 1.165) is 49.5 Å². The van der Waals surface area contributed by atoms with Gasteiger partial charge in [-0.25, -0.2) is 0 Å². The lowest BCUT2D eigenvalue weighted by molar-refractivity contribution is -0.143. The smallest absolute Gasteiger partial charge is 0.305 e. The van der Waals surface area contributed by atoms with Gasteiger partial charge in [0.1, 0.15) is 6.29 Å². The van der Waals surface area contributed by atoms with Crippen LogP contribution in [0.2, 0.25) is 36.3 Å². The molecule has 9 nitrogen and oxygen atoms in total. The molecular formula is C41H74O9Si2. The Morgan fingerprint density at radius 2 is 1.54 bits per heavy atom. The minimum absolute atomic E-state index is 0.00735. The molecule has 3 saturated heterocycles. The third kappa shape index (κ3) is 11.9. The molecule has 0 aliphatic carbocycles. The number of carbonyl (C=O) groups is 2. The predicted molar refractivity (Wildman–Crippen MR) is 213 cm³/mol. The number of hydrogen-bond donors (Lipinski definition) is 0. The molecule has 0 radical (unpaired) electrons. The van der Waals surface area contributed by atoms with E-state index in [4.69, 9.17) is 32.5 Å². The molecule has 3 rings (SSSR count). The molecular weight excluding hydrogens is 693 g/mol. The van der Waals surface area contributed by atoms with Gasteiger partial charge >= 0.3 is 5.97 Å². The Morgan fingerprint density at radius 3 is 2.12 bits per heavy atom. The largest absolute Gasteiger partial charge is 0.469 e. The number of ether oxygens (including phenoxy) is 5. The van der Waals surface area contributed by atoms with Crippen LogP contribution in [-0.2, 0) is 42.1 Å². The highest BCUT2D eigenvalue weighted by Gasteiger charge is 2.50. The summed E-state index contributed by atoms with van der Waals surface area (Å²) in [6.45, 7) is 34.1. The Hall–Kier alpha value is -1.19. The zero-order valence-electron chi connectivity index (χ0n) is 35.0. The number of esters is 1. The van der Waals surface area contributed by atoms with Crippen LogP contribution < -0.4 is 0 Å². The van der Waals surface area contributed by atoms with E-state index in [2.05, 4.69) is 87.8 Å². The van der Waals surface area contributed by atoms with Crippen LogP contribution in [0.3, 0.4) is 0 Å². The summed E-state index contributed by atoms with van der Waals surface area (Å²) < 4.78 is 45.2. The molecule has 0 amide bonds. The summed E-state index contributed by atoms with van der Waals surface area (Å²) >= 11 is 0. The molecule has 10 atom stereocenters. The zero-order valence-corrected chi connectivity index (χ0v) is 37.0. The number of carbonyl (C=O) groups excluding carboxylic acids is 2. The van der Waals surface area contributed by atoms with E-state index < -0.39 is 16.6 Å². The molecule has 52 heavy (non-hydrogen) atoms. The van der Waals surface area contributed by atoms with Gasteiger partial charge in [-0.1, -0.05) is 61.6 Å². The topological polar surface area (TPSA) is 98.8 Å². The third-order valence-corrected chi connectivity index (χ3v) is 21.9. The van der Waals surface area contributed by atoms with Crippen molar-refractivity contribution >= 4 is 28.9 Å². The minimum Gasteiger partial charge on any atom is -0.469 e. The first-order valence-corrected chi connectivity index (χ1v) is 25.5. The highest BCUT2D eigenvalue weighted by atomic mass is 28.4. The first-order valence-electron chi connectivity index (χ1n) is 19.7. The molecule has 0 bridgehead atoms. The molecule has 3 unspecified atom stereocenters. The summed E-state index contributed by atoms with van der Waals surface area (Å²) in [5.74, 6) is -0.224. The monoisotopic (exact) mass is 766 g/mol. The maximum absolute atomic E-state index is 12.8. The van der Waals surface area contributed by atoms with Crippen molar-refractivity contribution in [1.82, 2.24) is 0 Å². The first-order chi connectivity index (χ1) is 24.0. The Balaban J connectivity index is 1.80. The van der Waals surface area contributed by atoms with E-state index in [9.17, 15) is 9.59 Å². The van der Waals surface area contributed by atoms with Crippen molar-refractivity contribution < 1.29 is 42.1 Å². The molecule has 3 fully saturated rings. The van der Waals surface area contributed by atoms with Crippen LogP contribution >= 0.6 is 0 Å². The van der Waals surface area contributed by atoms with Gasteiger partial charge in [-0.05, 0) is 85.4 Å². The Labute approximate surface area is 318 Å². The van der Waals surface area contributed by atoms with Crippen LogP contribution in [0.15, 0.2) is 24.3 Å². The predicted octanol–water partition coefficient (Wildman–Crippen LogP) is 8.96. The minimum atomic E-state index is -2.17. The molecule has 0 N–H and O–H groups in total. The second-order valence-electron chi connectivity index (χ2n) is 18.8. The van der Waals surface area contributed by atoms with Gasteiger partial charge in [0.05, 0.1) is 69.0 Å². The van der Waals surface area contributed by atoms with Gasteiger partial charge in [0.2, 0.25) is 0 Å². The SMILES string of the molecule is C=C1CC(CCC=O)OC1CC[C@H]1C[C@@H](C)C(=C)C(C[C@@H]2O[C@H](C[C@@H](CO[Si](C)(C)C(C)(C)C)O[Si](C)(C)C(C)(C)C)[C@H](OC)[C@H]2CC(=O)OC)O1. The fourth-order valence-electron chi connectivity index (χ4n) is 7.36. The van der Waals surface area contributed by atoms with Gasteiger partial charge in [0, 0.05) is 32.3 Å². The molecule has 0 aromatic rings. The summed E-state index contributed by atoms with van der Waals surface area (Å²) in [7, 11) is -1.08. The lowest BCUT2D eigenvalue weighted by atomic mass is 9.82. The maximum atomic E-state index is 12.8. The quantitative estimate of drug-likeness (QED) is 0.0586. The van der Waals surface area contributed by atoms with Crippen molar-refractivity contribution in [2.75, 3.05) is 20.8 Å². The van der Waals surface area contributed by atoms with Gasteiger partial charge in [0.25, 0.3) is 0 Å². The number of methoxy groups -OCH3 is 2. The van der Waals surface area contributed by atoms with Crippen molar-refractivity contribution in [3.05, 3.63) is 24.3 Å². The van der Waals surface area contributed by atoms with Gasteiger partial charge in [-0.15, -0.1) is 0 Å². The summed E-state index contributed by atoms with van der Waals surface area (Å²) in [4.78, 5) is 23.7. The normalized spacial score (nSPS) is 31.2. The zero-order chi connectivity index (χ0) is 39.2. The van der Waals surface area contributed by atoms with Crippen LogP contribution in [0, 0.1) is 11.8 Å². The van der Waals surface area contributed by atoms with E-state index in [1.807, 2.05) is 0 Å². The van der Waals surface area contributed by atoms with Gasteiger partial charge in [0.15, 0.2) is 16.6 Å². The molecule has 3 heterocycles. The Morgan fingerprint density at radius 1 is 0.904 bits per heavy atom. The third-order valence-electron chi connectivity index (χ3n) is 12.8. The summed E-state index contributed by atoms with van der Waals surface area (Å²) in [6, 6.07) is 0. The van der Waals surface area contributed by atoms with Gasteiger partial charge in [-0.3, -0.25) is 4.79 Å². The number of hydrogen-bond acceptors (Lipinski definition) is 9. The molecule has 300 valence electrons. The molecule has 3 aliphatic rings. The molecule has 0 aromatic carbocycles. The van der Waals surface area contributed by atoms with Crippen molar-refractivity contribution in [3.8, 4) is 0 Å². The lowest BCUT2D eigenvalue weighted by Crippen LogP contribution is -2.49. The standard InChI is InChI=1S/C41H74O9Si2/c1-27-21-31(18-19-34-28(2)22-30(47-34)17-16-20-42)48-35(29(27)3)25-36-33(24-38(43)44-10)39(45-11)37(49-36)23-32(50-52(14,15)41(7,8)9)26-46-51(12,13)40(4,5)6/h20,27,30-37,39H,2-3,16-19,21-26H2,1,4-15H3/t27-,30?,31+,32+,33+,34?,35?,36+,37-,39-/m1/s1.